The second-order valence-corrected chi connectivity index (χ2v) is 9.94. The van der Waals surface area contributed by atoms with Gasteiger partial charge in [0.05, 0.1) is 30.7 Å². The van der Waals surface area contributed by atoms with Gasteiger partial charge in [-0.3, -0.25) is 9.59 Å². The molecule has 196 valence electrons. The van der Waals surface area contributed by atoms with Crippen molar-refractivity contribution in [1.29, 1.82) is 0 Å². The number of methoxy groups -OCH3 is 1. The number of nitrogens with zero attached hydrogens (tertiary/aromatic N) is 1. The van der Waals surface area contributed by atoms with Crippen molar-refractivity contribution in [2.75, 3.05) is 13.7 Å². The third-order valence-corrected chi connectivity index (χ3v) is 7.10. The smallest absolute Gasteiger partial charge is 0.291 e. The van der Waals surface area contributed by atoms with Crippen LogP contribution in [0, 0.1) is 13.8 Å². The van der Waals surface area contributed by atoms with Crippen LogP contribution in [0.2, 0.25) is 0 Å². The number of ether oxygens (including phenoxy) is 2. The molecule has 0 aliphatic carbocycles. The van der Waals surface area contributed by atoms with Gasteiger partial charge in [0.1, 0.15) is 17.1 Å². The first-order chi connectivity index (χ1) is 18.4. The number of hydrogen-bond acceptors (Lipinski definition) is 5. The highest BCUT2D eigenvalue weighted by Crippen LogP contribution is 2.40. The molecule has 0 saturated carbocycles. The van der Waals surface area contributed by atoms with Crippen LogP contribution in [0.25, 0.3) is 11.0 Å². The van der Waals surface area contributed by atoms with Crippen molar-refractivity contribution in [3.05, 3.63) is 104 Å². The van der Waals surface area contributed by atoms with Gasteiger partial charge in [-0.2, -0.15) is 0 Å². The zero-order valence-electron chi connectivity index (χ0n) is 22.4. The number of amides is 1. The van der Waals surface area contributed by atoms with Crippen LogP contribution in [0.5, 0.6) is 11.5 Å². The fourth-order valence-corrected chi connectivity index (χ4v) is 5.23. The van der Waals surface area contributed by atoms with Gasteiger partial charge in [-0.25, -0.2) is 0 Å². The summed E-state index contributed by atoms with van der Waals surface area (Å²) in [6, 6.07) is 18.5. The Morgan fingerprint density at radius 3 is 2.47 bits per heavy atom. The van der Waals surface area contributed by atoms with Gasteiger partial charge in [-0.1, -0.05) is 50.1 Å². The van der Waals surface area contributed by atoms with Gasteiger partial charge in [0, 0.05) is 6.54 Å². The SMILES string of the molecule is CCCCCOc1cccc(C2c3c(oc4c(C)cc(C)cc4c3=O)C(=O)N2Cc2ccc(OC)cc2)c1. The van der Waals surface area contributed by atoms with Crippen LogP contribution in [-0.4, -0.2) is 24.5 Å². The van der Waals surface area contributed by atoms with Crippen LogP contribution in [-0.2, 0) is 6.54 Å². The van der Waals surface area contributed by atoms with Gasteiger partial charge in [0.2, 0.25) is 5.76 Å². The highest BCUT2D eigenvalue weighted by atomic mass is 16.5. The van der Waals surface area contributed by atoms with Gasteiger partial charge >= 0.3 is 0 Å². The lowest BCUT2D eigenvalue weighted by molar-refractivity contribution is 0.0714. The van der Waals surface area contributed by atoms with Crippen LogP contribution in [0.15, 0.2) is 69.9 Å². The molecule has 5 rings (SSSR count). The molecule has 1 atom stereocenters. The normalized spacial score (nSPS) is 14.7. The van der Waals surface area contributed by atoms with Gasteiger partial charge in [0.15, 0.2) is 5.43 Å². The number of rotatable bonds is 9. The van der Waals surface area contributed by atoms with E-state index in [0.717, 1.165) is 53.0 Å². The average Bonchev–Trinajstić information content (AvgIpc) is 3.19. The van der Waals surface area contributed by atoms with Crippen molar-refractivity contribution < 1.29 is 18.7 Å². The quantitative estimate of drug-likeness (QED) is 0.233. The first-order valence-corrected chi connectivity index (χ1v) is 13.2. The van der Waals surface area contributed by atoms with Gasteiger partial charge < -0.3 is 18.8 Å². The molecule has 6 nitrogen and oxygen atoms in total. The fraction of sp³-hybridized carbons (Fsp3) is 0.312. The van der Waals surface area contributed by atoms with Crippen molar-refractivity contribution in [3.8, 4) is 11.5 Å². The predicted molar refractivity (Wildman–Crippen MR) is 148 cm³/mol. The molecule has 3 aromatic carbocycles. The summed E-state index contributed by atoms with van der Waals surface area (Å²) in [6.45, 7) is 6.95. The van der Waals surface area contributed by atoms with Gasteiger partial charge in [0.25, 0.3) is 5.91 Å². The molecule has 1 aliphatic rings. The van der Waals surface area contributed by atoms with E-state index in [1.807, 2.05) is 74.5 Å². The number of aryl methyl sites for hydroxylation is 2. The molecular weight excluding hydrogens is 478 g/mol. The molecule has 0 radical (unpaired) electrons. The van der Waals surface area contributed by atoms with Crippen molar-refractivity contribution in [2.24, 2.45) is 0 Å². The molecule has 1 aliphatic heterocycles. The Morgan fingerprint density at radius 2 is 1.74 bits per heavy atom. The molecule has 0 spiro atoms. The molecule has 0 N–H and O–H groups in total. The van der Waals surface area contributed by atoms with Crippen molar-refractivity contribution >= 4 is 16.9 Å². The number of hydrogen-bond donors (Lipinski definition) is 0. The highest BCUT2D eigenvalue weighted by Gasteiger charge is 2.43. The first kappa shape index (κ1) is 25.6. The second-order valence-electron chi connectivity index (χ2n) is 9.94. The number of benzene rings is 3. The lowest BCUT2D eigenvalue weighted by Crippen LogP contribution is -2.29. The van der Waals surface area contributed by atoms with Gasteiger partial charge in [-0.15, -0.1) is 0 Å². The van der Waals surface area contributed by atoms with Crippen LogP contribution >= 0.6 is 0 Å². The van der Waals surface area contributed by atoms with E-state index in [4.69, 9.17) is 13.9 Å². The monoisotopic (exact) mass is 511 g/mol. The van der Waals surface area contributed by atoms with E-state index in [-0.39, 0.29) is 17.1 Å². The average molecular weight is 512 g/mol. The third-order valence-electron chi connectivity index (χ3n) is 7.10. The fourth-order valence-electron chi connectivity index (χ4n) is 5.23. The summed E-state index contributed by atoms with van der Waals surface area (Å²) in [5, 5.41) is 0.498. The van der Waals surface area contributed by atoms with Crippen molar-refractivity contribution in [1.82, 2.24) is 4.90 Å². The Kier molecular flexibility index (Phi) is 7.23. The molecule has 6 heteroatoms. The van der Waals surface area contributed by atoms with Crippen LogP contribution in [0.3, 0.4) is 0 Å². The molecule has 1 amide bonds. The Balaban J connectivity index is 1.62. The number of carbonyl (C=O) groups excluding carboxylic acids is 1. The summed E-state index contributed by atoms with van der Waals surface area (Å²) in [4.78, 5) is 29.5. The molecule has 38 heavy (non-hydrogen) atoms. The highest BCUT2D eigenvalue weighted by molar-refractivity contribution is 5.99. The minimum absolute atomic E-state index is 0.113. The minimum Gasteiger partial charge on any atom is -0.497 e. The van der Waals surface area contributed by atoms with E-state index in [2.05, 4.69) is 6.92 Å². The molecule has 1 unspecified atom stereocenters. The van der Waals surface area contributed by atoms with E-state index in [1.54, 1.807) is 12.0 Å². The summed E-state index contributed by atoms with van der Waals surface area (Å²) in [5.74, 6) is 1.28. The molecule has 4 aromatic rings. The molecule has 2 heterocycles. The van der Waals surface area contributed by atoms with Gasteiger partial charge in [-0.05, 0) is 72.9 Å². The number of fused-ring (bicyclic) bond motifs is 2. The van der Waals surface area contributed by atoms with Crippen LogP contribution in [0.4, 0.5) is 0 Å². The maximum Gasteiger partial charge on any atom is 0.291 e. The Morgan fingerprint density at radius 1 is 0.947 bits per heavy atom. The Bertz CT molecular complexity index is 1540. The predicted octanol–water partition coefficient (Wildman–Crippen LogP) is 6.73. The van der Waals surface area contributed by atoms with E-state index in [0.29, 0.717) is 29.7 Å². The topological polar surface area (TPSA) is 69.0 Å². The Hall–Kier alpha value is -4.06. The lowest BCUT2D eigenvalue weighted by atomic mass is 9.97. The summed E-state index contributed by atoms with van der Waals surface area (Å²) in [7, 11) is 1.62. The summed E-state index contributed by atoms with van der Waals surface area (Å²) in [6.07, 6.45) is 3.20. The molecular formula is C32H33NO5. The van der Waals surface area contributed by atoms with E-state index < -0.39 is 6.04 Å². The second kappa shape index (κ2) is 10.7. The van der Waals surface area contributed by atoms with Crippen LogP contribution < -0.4 is 14.9 Å². The lowest BCUT2D eigenvalue weighted by Gasteiger charge is -2.25. The maximum absolute atomic E-state index is 14.0. The van der Waals surface area contributed by atoms with Crippen LogP contribution in [0.1, 0.15) is 70.6 Å². The zero-order chi connectivity index (χ0) is 26.8. The summed E-state index contributed by atoms with van der Waals surface area (Å²) < 4.78 is 17.5. The van der Waals surface area contributed by atoms with Crippen molar-refractivity contribution in [2.45, 2.75) is 52.6 Å². The number of carbonyl (C=O) groups is 1. The van der Waals surface area contributed by atoms with E-state index in [1.165, 1.54) is 0 Å². The first-order valence-electron chi connectivity index (χ1n) is 13.2. The maximum atomic E-state index is 14.0. The standard InChI is InChI=1S/C32H33NO5/c1-5-6-7-15-37-25-10-8-9-23(18-25)28-27-29(34)26-17-20(2)16-21(3)30(26)38-31(27)32(35)33(28)19-22-11-13-24(36-4)14-12-22/h8-14,16-18,28H,5-7,15,19H2,1-4H3. The minimum atomic E-state index is -0.597. The zero-order valence-corrected chi connectivity index (χ0v) is 22.4. The molecule has 0 bridgehead atoms. The largest absolute Gasteiger partial charge is 0.497 e. The third kappa shape index (κ3) is 4.78. The van der Waals surface area contributed by atoms with E-state index in [9.17, 15) is 9.59 Å². The number of unbranched alkanes of at least 4 members (excludes halogenated alkanes) is 2. The summed E-state index contributed by atoms with van der Waals surface area (Å²) >= 11 is 0. The summed E-state index contributed by atoms with van der Waals surface area (Å²) in [5.41, 5.74) is 4.22. The molecule has 1 aromatic heterocycles. The molecule has 0 fully saturated rings. The van der Waals surface area contributed by atoms with Crippen molar-refractivity contribution in [3.63, 3.8) is 0 Å². The Labute approximate surface area is 222 Å². The molecule has 0 saturated heterocycles. The van der Waals surface area contributed by atoms with E-state index >= 15 is 0 Å².